The van der Waals surface area contributed by atoms with Crippen LogP contribution >= 0.6 is 15.9 Å². The number of hydrogen-bond acceptors (Lipinski definition) is 2. The van der Waals surface area contributed by atoms with Gasteiger partial charge in [-0.25, -0.2) is 9.37 Å². The van der Waals surface area contributed by atoms with Crippen LogP contribution in [0.15, 0.2) is 16.6 Å². The summed E-state index contributed by atoms with van der Waals surface area (Å²) < 4.78 is 15.6. The van der Waals surface area contributed by atoms with Crippen molar-refractivity contribution in [1.82, 2.24) is 9.55 Å². The number of aromatic nitrogens is 2. The van der Waals surface area contributed by atoms with Crippen LogP contribution in [0.1, 0.15) is 0 Å². The minimum atomic E-state index is -0.323. The second kappa shape index (κ2) is 2.70. The van der Waals surface area contributed by atoms with E-state index >= 15 is 0 Å². The molecule has 0 atom stereocenters. The molecule has 1 heterocycles. The zero-order valence-electron chi connectivity index (χ0n) is 6.88. The van der Waals surface area contributed by atoms with Crippen LogP contribution < -0.4 is 5.73 Å². The number of imidazole rings is 1. The number of aryl methyl sites for hydroxylation is 1. The summed E-state index contributed by atoms with van der Waals surface area (Å²) in [7, 11) is 1.68. The molecule has 68 valence electrons. The topological polar surface area (TPSA) is 43.8 Å². The zero-order chi connectivity index (χ0) is 9.59. The van der Waals surface area contributed by atoms with Crippen molar-refractivity contribution in [2.24, 2.45) is 7.05 Å². The fourth-order valence-electron chi connectivity index (χ4n) is 1.28. The summed E-state index contributed by atoms with van der Waals surface area (Å²) in [4.78, 5) is 4.01. The van der Waals surface area contributed by atoms with Crippen LogP contribution in [-0.2, 0) is 7.05 Å². The first-order valence-corrected chi connectivity index (χ1v) is 4.46. The van der Waals surface area contributed by atoms with E-state index in [1.165, 1.54) is 10.6 Å². The first-order chi connectivity index (χ1) is 6.09. The number of fused-ring (bicyclic) bond motifs is 1. The largest absolute Gasteiger partial charge is 0.369 e. The first-order valence-electron chi connectivity index (χ1n) is 3.66. The SMILES string of the molecule is Cn1c(N)nc2cc(Br)cc(F)c21. The Bertz CT molecular complexity index is 478. The van der Waals surface area contributed by atoms with E-state index in [9.17, 15) is 4.39 Å². The normalized spacial score (nSPS) is 11.0. The predicted molar refractivity (Wildman–Crippen MR) is 52.8 cm³/mol. The van der Waals surface area contributed by atoms with Crippen LogP contribution in [0, 0.1) is 5.82 Å². The van der Waals surface area contributed by atoms with Gasteiger partial charge in [-0.05, 0) is 12.1 Å². The Morgan fingerprint density at radius 2 is 2.23 bits per heavy atom. The van der Waals surface area contributed by atoms with Crippen LogP contribution in [0.2, 0.25) is 0 Å². The zero-order valence-corrected chi connectivity index (χ0v) is 8.47. The van der Waals surface area contributed by atoms with E-state index in [1.807, 2.05) is 0 Å². The second-order valence-electron chi connectivity index (χ2n) is 2.78. The molecule has 2 N–H and O–H groups in total. The van der Waals surface area contributed by atoms with Crippen LogP contribution in [0.5, 0.6) is 0 Å². The van der Waals surface area contributed by atoms with Crippen molar-refractivity contribution < 1.29 is 4.39 Å². The Hall–Kier alpha value is -1.10. The van der Waals surface area contributed by atoms with Gasteiger partial charge in [-0.2, -0.15) is 0 Å². The molecule has 0 spiro atoms. The molecule has 3 nitrogen and oxygen atoms in total. The van der Waals surface area contributed by atoms with Gasteiger partial charge in [0.05, 0.1) is 5.52 Å². The molecule has 0 amide bonds. The van der Waals surface area contributed by atoms with Gasteiger partial charge in [-0.1, -0.05) is 15.9 Å². The van der Waals surface area contributed by atoms with Crippen LogP contribution in [-0.4, -0.2) is 9.55 Å². The highest BCUT2D eigenvalue weighted by molar-refractivity contribution is 9.10. The van der Waals surface area contributed by atoms with Gasteiger partial charge >= 0.3 is 0 Å². The summed E-state index contributed by atoms with van der Waals surface area (Å²) in [6, 6.07) is 3.12. The van der Waals surface area contributed by atoms with Crippen molar-refractivity contribution in [2.45, 2.75) is 0 Å². The molecule has 0 aliphatic rings. The molecule has 0 fully saturated rings. The monoisotopic (exact) mass is 243 g/mol. The molecule has 2 aromatic rings. The second-order valence-corrected chi connectivity index (χ2v) is 3.70. The van der Waals surface area contributed by atoms with Gasteiger partial charge in [0.25, 0.3) is 0 Å². The number of halogens is 2. The van der Waals surface area contributed by atoms with Crippen LogP contribution in [0.25, 0.3) is 11.0 Å². The van der Waals surface area contributed by atoms with Gasteiger partial charge in [0, 0.05) is 11.5 Å². The van der Waals surface area contributed by atoms with E-state index in [4.69, 9.17) is 5.73 Å². The summed E-state index contributed by atoms with van der Waals surface area (Å²) in [5, 5.41) is 0. The lowest BCUT2D eigenvalue weighted by Gasteiger charge is -1.97. The average Bonchev–Trinajstić information content (AvgIpc) is 2.27. The lowest BCUT2D eigenvalue weighted by Crippen LogP contribution is -1.97. The molecule has 2 rings (SSSR count). The van der Waals surface area contributed by atoms with E-state index in [2.05, 4.69) is 20.9 Å². The van der Waals surface area contributed by atoms with E-state index < -0.39 is 0 Å². The highest BCUT2D eigenvalue weighted by atomic mass is 79.9. The lowest BCUT2D eigenvalue weighted by atomic mass is 10.3. The highest BCUT2D eigenvalue weighted by Gasteiger charge is 2.10. The molecule has 1 aromatic carbocycles. The van der Waals surface area contributed by atoms with Gasteiger partial charge in [0.2, 0.25) is 5.95 Å². The van der Waals surface area contributed by atoms with Gasteiger partial charge in [-0.3, -0.25) is 0 Å². The highest BCUT2D eigenvalue weighted by Crippen LogP contribution is 2.23. The van der Waals surface area contributed by atoms with Crippen molar-refractivity contribution in [3.8, 4) is 0 Å². The lowest BCUT2D eigenvalue weighted by molar-refractivity contribution is 0.631. The number of hydrogen-bond donors (Lipinski definition) is 1. The van der Waals surface area contributed by atoms with Crippen molar-refractivity contribution in [2.75, 3.05) is 5.73 Å². The quantitative estimate of drug-likeness (QED) is 0.770. The molecule has 1 aromatic heterocycles. The number of rotatable bonds is 0. The molecule has 0 radical (unpaired) electrons. The molecule has 0 saturated carbocycles. The minimum absolute atomic E-state index is 0.312. The molecule has 13 heavy (non-hydrogen) atoms. The maximum atomic E-state index is 13.4. The summed E-state index contributed by atoms with van der Waals surface area (Å²) in [6.07, 6.45) is 0. The van der Waals surface area contributed by atoms with Crippen molar-refractivity contribution >= 4 is 32.9 Å². The van der Waals surface area contributed by atoms with E-state index in [0.29, 0.717) is 21.5 Å². The third-order valence-corrected chi connectivity index (χ3v) is 2.38. The molecule has 0 unspecified atom stereocenters. The Morgan fingerprint density at radius 1 is 1.54 bits per heavy atom. The Kier molecular flexibility index (Phi) is 1.76. The Morgan fingerprint density at radius 3 is 2.92 bits per heavy atom. The number of nitrogens with zero attached hydrogens (tertiary/aromatic N) is 2. The van der Waals surface area contributed by atoms with E-state index in [-0.39, 0.29) is 5.82 Å². The first kappa shape index (κ1) is 8.50. The van der Waals surface area contributed by atoms with Crippen molar-refractivity contribution in [3.05, 3.63) is 22.4 Å². The summed E-state index contributed by atoms with van der Waals surface area (Å²) >= 11 is 3.19. The van der Waals surface area contributed by atoms with Gasteiger partial charge < -0.3 is 10.3 Å². The Labute approximate surface area is 82.5 Å². The van der Waals surface area contributed by atoms with E-state index in [0.717, 1.165) is 0 Å². The third kappa shape index (κ3) is 1.19. The molecule has 0 aliphatic heterocycles. The third-order valence-electron chi connectivity index (χ3n) is 1.92. The van der Waals surface area contributed by atoms with Crippen molar-refractivity contribution in [3.63, 3.8) is 0 Å². The predicted octanol–water partition coefficient (Wildman–Crippen LogP) is 2.06. The number of benzene rings is 1. The molecule has 0 saturated heterocycles. The van der Waals surface area contributed by atoms with Gasteiger partial charge in [0.15, 0.2) is 0 Å². The number of nitrogen functional groups attached to an aromatic ring is 1. The fourth-order valence-corrected chi connectivity index (χ4v) is 1.70. The summed E-state index contributed by atoms with van der Waals surface area (Å²) in [6.45, 7) is 0. The molecular formula is C8H7BrFN3. The standard InChI is InChI=1S/C8H7BrFN3/c1-13-7-5(10)2-4(9)3-6(7)12-8(13)11/h2-3H,1H3,(H2,11,12). The molecule has 0 bridgehead atoms. The van der Waals surface area contributed by atoms with Crippen LogP contribution in [0.4, 0.5) is 10.3 Å². The summed E-state index contributed by atoms with van der Waals surface area (Å²) in [5.41, 5.74) is 6.53. The van der Waals surface area contributed by atoms with E-state index in [1.54, 1.807) is 13.1 Å². The molecular weight excluding hydrogens is 237 g/mol. The Balaban J connectivity index is 2.94. The fraction of sp³-hybridized carbons (Fsp3) is 0.125. The molecule has 5 heteroatoms. The maximum absolute atomic E-state index is 13.4. The number of anilines is 1. The van der Waals surface area contributed by atoms with Gasteiger partial charge in [-0.15, -0.1) is 0 Å². The molecule has 0 aliphatic carbocycles. The van der Waals surface area contributed by atoms with Crippen molar-refractivity contribution in [1.29, 1.82) is 0 Å². The summed E-state index contributed by atoms with van der Waals surface area (Å²) in [5.74, 6) is -0.0110. The number of nitrogens with two attached hydrogens (primary N) is 1. The minimum Gasteiger partial charge on any atom is -0.369 e. The van der Waals surface area contributed by atoms with Gasteiger partial charge in [0.1, 0.15) is 11.3 Å². The average molecular weight is 244 g/mol. The maximum Gasteiger partial charge on any atom is 0.201 e. The van der Waals surface area contributed by atoms with Crippen LogP contribution in [0.3, 0.4) is 0 Å². The smallest absolute Gasteiger partial charge is 0.201 e.